The summed E-state index contributed by atoms with van der Waals surface area (Å²) in [5.74, 6) is -0.762. The van der Waals surface area contributed by atoms with Gasteiger partial charge in [0.05, 0.1) is 11.9 Å². The lowest BCUT2D eigenvalue weighted by molar-refractivity contribution is -0.140. The van der Waals surface area contributed by atoms with E-state index in [4.69, 9.17) is 0 Å². The quantitative estimate of drug-likeness (QED) is 0.332. The molecule has 1 N–H and O–H groups in total. The predicted octanol–water partition coefficient (Wildman–Crippen LogP) is 5.61. The van der Waals surface area contributed by atoms with Crippen LogP contribution in [0.25, 0.3) is 0 Å². The molecule has 0 heterocycles. The molecule has 1 atom stereocenters. The molecule has 0 saturated carbocycles. The van der Waals surface area contributed by atoms with Crippen LogP contribution in [0.2, 0.25) is 0 Å². The van der Waals surface area contributed by atoms with Crippen LogP contribution >= 0.6 is 0 Å². The zero-order valence-corrected chi connectivity index (χ0v) is 27.0. The highest BCUT2D eigenvalue weighted by Crippen LogP contribution is 2.27. The first-order chi connectivity index (χ1) is 19.5. The third-order valence-corrected chi connectivity index (χ3v) is 8.21. The number of aryl methyl sites for hydroxylation is 1. The molecule has 3 aromatic carbocycles. The lowest BCUT2D eigenvalue weighted by Gasteiger charge is -2.35. The minimum Gasteiger partial charge on any atom is -0.350 e. The first-order valence-electron chi connectivity index (χ1n) is 14.2. The molecule has 0 saturated heterocycles. The van der Waals surface area contributed by atoms with Gasteiger partial charge < -0.3 is 10.2 Å². The Kier molecular flexibility index (Phi) is 10.3. The number of carbonyl (C=O) groups is 2. The van der Waals surface area contributed by atoms with Gasteiger partial charge in [-0.15, -0.1) is 0 Å². The fourth-order valence-corrected chi connectivity index (χ4v) is 5.57. The van der Waals surface area contributed by atoms with E-state index in [1.54, 1.807) is 12.1 Å². The molecule has 42 heavy (non-hydrogen) atoms. The van der Waals surface area contributed by atoms with Gasteiger partial charge in [-0.25, -0.2) is 8.42 Å². The second kappa shape index (κ2) is 13.1. The molecule has 0 radical (unpaired) electrons. The summed E-state index contributed by atoms with van der Waals surface area (Å²) in [5.41, 5.74) is 3.56. The predicted molar refractivity (Wildman–Crippen MR) is 171 cm³/mol. The lowest BCUT2D eigenvalue weighted by atomic mass is 9.87. The van der Waals surface area contributed by atoms with Crippen molar-refractivity contribution in [1.82, 2.24) is 10.2 Å². The zero-order chi connectivity index (χ0) is 31.3. The van der Waals surface area contributed by atoms with E-state index in [-0.39, 0.29) is 24.3 Å². The first kappa shape index (κ1) is 32.9. The number of benzene rings is 3. The van der Waals surface area contributed by atoms with Crippen LogP contribution in [-0.2, 0) is 38.0 Å². The van der Waals surface area contributed by atoms with Crippen molar-refractivity contribution in [2.75, 3.05) is 17.1 Å². The van der Waals surface area contributed by atoms with E-state index in [2.05, 4.69) is 26.1 Å². The fraction of sp³-hybridized carbons (Fsp3) is 0.412. The Labute approximate surface area is 252 Å². The molecule has 0 unspecified atom stereocenters. The van der Waals surface area contributed by atoms with Gasteiger partial charge in [0.25, 0.3) is 0 Å². The number of anilines is 1. The molecule has 2 amide bonds. The lowest BCUT2D eigenvalue weighted by Crippen LogP contribution is -2.56. The third kappa shape index (κ3) is 9.18. The van der Waals surface area contributed by atoms with Gasteiger partial charge in [0, 0.05) is 18.5 Å². The number of carbonyl (C=O) groups excluding carboxylic acids is 2. The molecule has 3 rings (SSSR count). The second-order valence-electron chi connectivity index (χ2n) is 13.0. The zero-order valence-electron chi connectivity index (χ0n) is 26.1. The maximum atomic E-state index is 14.3. The van der Waals surface area contributed by atoms with Gasteiger partial charge in [-0.1, -0.05) is 87.5 Å². The normalized spacial score (nSPS) is 12.9. The Bertz CT molecular complexity index is 1470. The van der Waals surface area contributed by atoms with Gasteiger partial charge in [-0.3, -0.25) is 13.9 Å². The van der Waals surface area contributed by atoms with E-state index >= 15 is 0 Å². The molecule has 8 heteroatoms. The molecule has 0 aromatic heterocycles. The van der Waals surface area contributed by atoms with Crippen LogP contribution in [0, 0.1) is 6.92 Å². The summed E-state index contributed by atoms with van der Waals surface area (Å²) in [6, 6.07) is 23.6. The summed E-state index contributed by atoms with van der Waals surface area (Å²) < 4.78 is 27.2. The minimum absolute atomic E-state index is 0.111. The van der Waals surface area contributed by atoms with Gasteiger partial charge >= 0.3 is 0 Å². The van der Waals surface area contributed by atoms with Crippen molar-refractivity contribution in [3.8, 4) is 0 Å². The molecule has 0 spiro atoms. The summed E-state index contributed by atoms with van der Waals surface area (Å²) in [4.78, 5) is 29.6. The van der Waals surface area contributed by atoms with E-state index in [0.29, 0.717) is 5.69 Å². The maximum Gasteiger partial charge on any atom is 0.244 e. The second-order valence-corrected chi connectivity index (χ2v) is 14.9. The first-order valence-corrected chi connectivity index (χ1v) is 16.1. The summed E-state index contributed by atoms with van der Waals surface area (Å²) in [5, 5.41) is 3.05. The Hall–Kier alpha value is -3.65. The van der Waals surface area contributed by atoms with E-state index in [1.165, 1.54) is 4.90 Å². The van der Waals surface area contributed by atoms with Gasteiger partial charge in [-0.05, 0) is 67.5 Å². The van der Waals surface area contributed by atoms with E-state index < -0.39 is 34.1 Å². The molecule has 0 aliphatic carbocycles. The molecule has 3 aromatic rings. The number of nitrogens with one attached hydrogen (secondary N) is 1. The molecular formula is C34H45N3O4S. The van der Waals surface area contributed by atoms with Crippen molar-refractivity contribution in [2.24, 2.45) is 0 Å². The van der Waals surface area contributed by atoms with Crippen LogP contribution in [0.3, 0.4) is 0 Å². The summed E-state index contributed by atoms with van der Waals surface area (Å²) >= 11 is 0. The van der Waals surface area contributed by atoms with Crippen LogP contribution in [0.1, 0.15) is 63.8 Å². The van der Waals surface area contributed by atoms with Crippen LogP contribution in [0.4, 0.5) is 5.69 Å². The van der Waals surface area contributed by atoms with Gasteiger partial charge in [0.2, 0.25) is 21.8 Å². The molecule has 0 bridgehead atoms. The van der Waals surface area contributed by atoms with Crippen molar-refractivity contribution >= 4 is 27.5 Å². The Morgan fingerprint density at radius 3 is 1.93 bits per heavy atom. The Morgan fingerprint density at radius 1 is 0.833 bits per heavy atom. The number of nitrogens with zero attached hydrogens (tertiary/aromatic N) is 2. The highest BCUT2D eigenvalue weighted by atomic mass is 32.2. The third-order valence-electron chi connectivity index (χ3n) is 7.07. The van der Waals surface area contributed by atoms with Crippen molar-refractivity contribution < 1.29 is 18.0 Å². The van der Waals surface area contributed by atoms with Crippen LogP contribution in [0.5, 0.6) is 0 Å². The van der Waals surface area contributed by atoms with E-state index in [1.807, 2.05) is 94.4 Å². The largest absolute Gasteiger partial charge is 0.350 e. The molecule has 7 nitrogen and oxygen atoms in total. The average Bonchev–Trinajstić information content (AvgIpc) is 2.88. The molecular weight excluding hydrogens is 546 g/mol. The van der Waals surface area contributed by atoms with Crippen molar-refractivity contribution in [1.29, 1.82) is 0 Å². The number of amides is 2. The standard InChI is InChI=1S/C34H45N3O4S/c1-25-14-12-13-17-27(25)23-36(30(32(39)35-34(5,6)7)22-26-15-10-9-11-16-26)31(38)24-37(42(8,40)41)29-20-18-28(19-21-29)33(2,3)4/h9-21,30H,22-24H2,1-8H3,(H,35,39)/t30-/m1/s1. The number of hydrogen-bond acceptors (Lipinski definition) is 4. The molecule has 226 valence electrons. The summed E-state index contributed by atoms with van der Waals surface area (Å²) in [7, 11) is -3.82. The highest BCUT2D eigenvalue weighted by Gasteiger charge is 2.34. The minimum atomic E-state index is -3.82. The van der Waals surface area contributed by atoms with Gasteiger partial charge in [-0.2, -0.15) is 0 Å². The number of sulfonamides is 1. The van der Waals surface area contributed by atoms with Crippen molar-refractivity contribution in [2.45, 2.75) is 78.4 Å². The Morgan fingerprint density at radius 2 is 1.40 bits per heavy atom. The topological polar surface area (TPSA) is 86.8 Å². The van der Waals surface area contributed by atoms with E-state index in [0.717, 1.165) is 32.8 Å². The maximum absolute atomic E-state index is 14.3. The van der Waals surface area contributed by atoms with Crippen molar-refractivity contribution in [3.63, 3.8) is 0 Å². The monoisotopic (exact) mass is 591 g/mol. The number of rotatable bonds is 10. The van der Waals surface area contributed by atoms with Crippen molar-refractivity contribution in [3.05, 3.63) is 101 Å². The van der Waals surface area contributed by atoms with Crippen LogP contribution in [-0.4, -0.2) is 49.5 Å². The Balaban J connectivity index is 2.08. The molecule has 0 aliphatic heterocycles. The summed E-state index contributed by atoms with van der Waals surface area (Å²) in [6.07, 6.45) is 1.37. The van der Waals surface area contributed by atoms with Gasteiger partial charge in [0.15, 0.2) is 0 Å². The molecule has 0 fully saturated rings. The average molecular weight is 592 g/mol. The smallest absolute Gasteiger partial charge is 0.244 e. The number of hydrogen-bond donors (Lipinski definition) is 1. The van der Waals surface area contributed by atoms with E-state index in [9.17, 15) is 18.0 Å². The fourth-order valence-electron chi connectivity index (χ4n) is 4.72. The SMILES string of the molecule is Cc1ccccc1CN(C(=O)CN(c1ccc(C(C)(C)C)cc1)S(C)(=O)=O)[C@H](Cc1ccccc1)C(=O)NC(C)(C)C. The summed E-state index contributed by atoms with van der Waals surface area (Å²) in [6.45, 7) is 13.6. The highest BCUT2D eigenvalue weighted by molar-refractivity contribution is 7.92. The van der Waals surface area contributed by atoms with Gasteiger partial charge in [0.1, 0.15) is 12.6 Å². The van der Waals surface area contributed by atoms with Crippen LogP contribution < -0.4 is 9.62 Å². The van der Waals surface area contributed by atoms with Crippen LogP contribution in [0.15, 0.2) is 78.9 Å². The molecule has 0 aliphatic rings.